The van der Waals surface area contributed by atoms with E-state index in [4.69, 9.17) is 0 Å². The minimum atomic E-state index is -3.62. The van der Waals surface area contributed by atoms with Gasteiger partial charge in [0.25, 0.3) is 0 Å². The molecule has 2 aliphatic heterocycles. The van der Waals surface area contributed by atoms with Crippen LogP contribution in [-0.4, -0.2) is 38.5 Å². The number of nitrogens with one attached hydrogen (secondary N) is 1. The third kappa shape index (κ3) is 3.31. The SMILES string of the molecule is O=S(=O)(NC1CCN2CCCC2C1)c1ccc(F)cc1Br. The van der Waals surface area contributed by atoms with Gasteiger partial charge in [-0.1, -0.05) is 0 Å². The topological polar surface area (TPSA) is 49.4 Å². The second kappa shape index (κ2) is 5.95. The lowest BCUT2D eigenvalue weighted by atomic mass is 9.99. The number of fused-ring (bicyclic) bond motifs is 1. The molecule has 0 aliphatic carbocycles. The zero-order valence-corrected chi connectivity index (χ0v) is 14.0. The van der Waals surface area contributed by atoms with Crippen LogP contribution in [0, 0.1) is 5.82 Å². The Morgan fingerprint density at radius 2 is 2.10 bits per heavy atom. The van der Waals surface area contributed by atoms with Crippen LogP contribution < -0.4 is 4.72 Å². The monoisotopic (exact) mass is 376 g/mol. The lowest BCUT2D eigenvalue weighted by Gasteiger charge is -2.34. The van der Waals surface area contributed by atoms with Crippen molar-refractivity contribution in [3.8, 4) is 0 Å². The first-order chi connectivity index (χ1) is 9.95. The van der Waals surface area contributed by atoms with E-state index in [1.165, 1.54) is 24.6 Å². The van der Waals surface area contributed by atoms with Crippen molar-refractivity contribution in [1.29, 1.82) is 0 Å². The molecule has 1 N–H and O–H groups in total. The average molecular weight is 377 g/mol. The Bertz CT molecular complexity index is 638. The third-order valence-electron chi connectivity index (χ3n) is 4.33. The summed E-state index contributed by atoms with van der Waals surface area (Å²) in [6, 6.07) is 4.11. The predicted molar refractivity (Wildman–Crippen MR) is 82.0 cm³/mol. The van der Waals surface area contributed by atoms with Crippen molar-refractivity contribution in [3.63, 3.8) is 0 Å². The molecule has 2 unspecified atom stereocenters. The number of hydrogen-bond acceptors (Lipinski definition) is 3. The molecule has 2 fully saturated rings. The van der Waals surface area contributed by atoms with Gasteiger partial charge in [0.2, 0.25) is 10.0 Å². The molecule has 116 valence electrons. The van der Waals surface area contributed by atoms with Gasteiger partial charge in [-0.3, -0.25) is 0 Å². The van der Waals surface area contributed by atoms with Crippen molar-refractivity contribution in [1.82, 2.24) is 9.62 Å². The van der Waals surface area contributed by atoms with Gasteiger partial charge >= 0.3 is 0 Å². The van der Waals surface area contributed by atoms with Crippen molar-refractivity contribution in [2.24, 2.45) is 0 Å². The molecule has 0 spiro atoms. The first kappa shape index (κ1) is 15.4. The minimum absolute atomic E-state index is 0.0358. The molecule has 0 amide bonds. The Kier molecular flexibility index (Phi) is 4.36. The maximum atomic E-state index is 13.1. The summed E-state index contributed by atoms with van der Waals surface area (Å²) >= 11 is 3.13. The maximum Gasteiger partial charge on any atom is 0.241 e. The van der Waals surface area contributed by atoms with Crippen LogP contribution in [0.25, 0.3) is 0 Å². The molecule has 0 bridgehead atoms. The fourth-order valence-corrected chi connectivity index (χ4v) is 5.64. The van der Waals surface area contributed by atoms with Crippen molar-refractivity contribution in [3.05, 3.63) is 28.5 Å². The number of nitrogens with zero attached hydrogens (tertiary/aromatic N) is 1. The number of piperidine rings is 1. The van der Waals surface area contributed by atoms with Crippen LogP contribution in [0.4, 0.5) is 4.39 Å². The zero-order chi connectivity index (χ0) is 15.0. The fourth-order valence-electron chi connectivity index (χ4n) is 3.31. The predicted octanol–water partition coefficient (Wildman–Crippen LogP) is 2.49. The van der Waals surface area contributed by atoms with E-state index >= 15 is 0 Å². The smallest absolute Gasteiger partial charge is 0.241 e. The molecule has 0 aromatic heterocycles. The van der Waals surface area contributed by atoms with Crippen LogP contribution in [0.15, 0.2) is 27.6 Å². The molecule has 21 heavy (non-hydrogen) atoms. The highest BCUT2D eigenvalue weighted by atomic mass is 79.9. The normalized spacial score (nSPS) is 26.8. The van der Waals surface area contributed by atoms with Gasteiger partial charge in [-0.2, -0.15) is 0 Å². The van der Waals surface area contributed by atoms with Gasteiger partial charge in [-0.25, -0.2) is 17.5 Å². The van der Waals surface area contributed by atoms with Gasteiger partial charge in [0.15, 0.2) is 0 Å². The minimum Gasteiger partial charge on any atom is -0.300 e. The van der Waals surface area contributed by atoms with E-state index in [0.29, 0.717) is 6.04 Å². The summed E-state index contributed by atoms with van der Waals surface area (Å²) in [7, 11) is -3.62. The van der Waals surface area contributed by atoms with E-state index in [0.717, 1.165) is 32.4 Å². The van der Waals surface area contributed by atoms with E-state index < -0.39 is 15.8 Å². The molecule has 2 aliphatic rings. The second-order valence-electron chi connectivity index (χ2n) is 5.75. The Labute approximate surface area is 132 Å². The Balaban J connectivity index is 1.74. The molecule has 2 heterocycles. The van der Waals surface area contributed by atoms with E-state index in [9.17, 15) is 12.8 Å². The highest BCUT2D eigenvalue weighted by Crippen LogP contribution is 2.29. The summed E-state index contributed by atoms with van der Waals surface area (Å²) < 4.78 is 41.0. The Morgan fingerprint density at radius 1 is 1.29 bits per heavy atom. The largest absolute Gasteiger partial charge is 0.300 e. The maximum absolute atomic E-state index is 13.1. The number of sulfonamides is 1. The van der Waals surface area contributed by atoms with Crippen LogP contribution >= 0.6 is 15.9 Å². The quantitative estimate of drug-likeness (QED) is 0.881. The lowest BCUT2D eigenvalue weighted by molar-refractivity contribution is 0.176. The summed E-state index contributed by atoms with van der Waals surface area (Å²) in [5.41, 5.74) is 0. The first-order valence-corrected chi connectivity index (χ1v) is 9.45. The molecule has 7 heteroatoms. The van der Waals surface area contributed by atoms with Crippen LogP contribution in [-0.2, 0) is 10.0 Å². The van der Waals surface area contributed by atoms with E-state index in [-0.39, 0.29) is 15.4 Å². The Morgan fingerprint density at radius 3 is 2.86 bits per heavy atom. The van der Waals surface area contributed by atoms with Crippen LogP contribution in [0.1, 0.15) is 25.7 Å². The van der Waals surface area contributed by atoms with Gasteiger partial charge in [0, 0.05) is 16.6 Å². The number of halogens is 2. The van der Waals surface area contributed by atoms with Crippen molar-refractivity contribution in [2.45, 2.75) is 42.7 Å². The average Bonchev–Trinajstić information content (AvgIpc) is 2.85. The molecule has 3 rings (SSSR count). The van der Waals surface area contributed by atoms with Gasteiger partial charge in [-0.15, -0.1) is 0 Å². The molecular formula is C14H18BrFN2O2S. The standard InChI is InChI=1S/C14H18BrFN2O2S/c15-13-8-10(16)3-4-14(13)21(19,20)17-11-5-7-18-6-1-2-12(18)9-11/h3-4,8,11-12,17H,1-2,5-7,9H2. The second-order valence-corrected chi connectivity index (χ2v) is 8.29. The molecule has 2 atom stereocenters. The number of rotatable bonds is 3. The number of hydrogen-bond donors (Lipinski definition) is 1. The fraction of sp³-hybridized carbons (Fsp3) is 0.571. The number of benzene rings is 1. The van der Waals surface area contributed by atoms with Gasteiger partial charge in [0.05, 0.1) is 4.90 Å². The van der Waals surface area contributed by atoms with E-state index in [1.54, 1.807) is 0 Å². The van der Waals surface area contributed by atoms with Crippen LogP contribution in [0.5, 0.6) is 0 Å². The van der Waals surface area contributed by atoms with Gasteiger partial charge < -0.3 is 4.90 Å². The van der Waals surface area contributed by atoms with Crippen LogP contribution in [0.2, 0.25) is 0 Å². The van der Waals surface area contributed by atoms with Crippen molar-refractivity contribution >= 4 is 26.0 Å². The summed E-state index contributed by atoms with van der Waals surface area (Å²) in [6.07, 6.45) is 4.04. The summed E-state index contributed by atoms with van der Waals surface area (Å²) in [6.45, 7) is 2.08. The van der Waals surface area contributed by atoms with Gasteiger partial charge in [-0.05, 0) is 72.9 Å². The molecule has 0 saturated carbocycles. The highest BCUT2D eigenvalue weighted by molar-refractivity contribution is 9.10. The molecule has 1 aromatic rings. The van der Waals surface area contributed by atoms with E-state index in [1.807, 2.05) is 0 Å². The molecule has 4 nitrogen and oxygen atoms in total. The third-order valence-corrected chi connectivity index (χ3v) is 6.82. The Hall–Kier alpha value is -0.500. The lowest BCUT2D eigenvalue weighted by Crippen LogP contribution is -2.47. The first-order valence-electron chi connectivity index (χ1n) is 7.17. The molecular weight excluding hydrogens is 359 g/mol. The van der Waals surface area contributed by atoms with Crippen molar-refractivity contribution < 1.29 is 12.8 Å². The van der Waals surface area contributed by atoms with Gasteiger partial charge in [0.1, 0.15) is 5.82 Å². The highest BCUT2D eigenvalue weighted by Gasteiger charge is 2.33. The summed E-state index contributed by atoms with van der Waals surface area (Å²) in [5, 5.41) is 0. The molecule has 1 aromatic carbocycles. The zero-order valence-electron chi connectivity index (χ0n) is 11.6. The molecule has 0 radical (unpaired) electrons. The summed E-state index contributed by atoms with van der Waals surface area (Å²) in [4.78, 5) is 2.54. The van der Waals surface area contributed by atoms with Crippen LogP contribution in [0.3, 0.4) is 0 Å². The van der Waals surface area contributed by atoms with Crippen molar-refractivity contribution in [2.75, 3.05) is 13.1 Å². The van der Waals surface area contributed by atoms with E-state index in [2.05, 4.69) is 25.6 Å². The molecule has 2 saturated heterocycles. The summed E-state index contributed by atoms with van der Waals surface area (Å²) in [5.74, 6) is -0.458.